The average molecular weight is 488 g/mol. The number of methoxy groups -OCH3 is 2. The van der Waals surface area contributed by atoms with E-state index in [9.17, 15) is 29.4 Å². The van der Waals surface area contributed by atoms with Crippen molar-refractivity contribution >= 4 is 69.9 Å². The zero-order chi connectivity index (χ0) is 22.0. The number of carbonyl (C=O) groups is 4. The van der Waals surface area contributed by atoms with Crippen LogP contribution in [0.2, 0.25) is 0 Å². The fraction of sp³-hybridized carbons (Fsp3) is 0.529. The molecule has 0 aromatic heterocycles. The van der Waals surface area contributed by atoms with Crippen molar-refractivity contribution in [1.82, 2.24) is 0 Å². The summed E-state index contributed by atoms with van der Waals surface area (Å²) in [5, 5.41) is 19.7. The highest BCUT2D eigenvalue weighted by Gasteiger charge is 2.72. The van der Waals surface area contributed by atoms with Crippen LogP contribution in [0.25, 0.3) is 0 Å². The van der Waals surface area contributed by atoms with E-state index in [2.05, 4.69) is 9.47 Å². The van der Waals surface area contributed by atoms with Gasteiger partial charge in [-0.15, -0.1) is 0 Å². The number of carbonyl (C=O) groups excluding carboxylic acids is 4. The summed E-state index contributed by atoms with van der Waals surface area (Å²) in [5.74, 6) is -11.4. The van der Waals surface area contributed by atoms with E-state index < -0.39 is 73.5 Å². The van der Waals surface area contributed by atoms with Gasteiger partial charge in [0.2, 0.25) is 21.3 Å². The van der Waals surface area contributed by atoms with E-state index >= 15 is 0 Å². The molecule has 158 valence electrons. The zero-order valence-electron chi connectivity index (χ0n) is 14.9. The van der Waals surface area contributed by atoms with Crippen LogP contribution in [0.15, 0.2) is 21.6 Å². The first-order chi connectivity index (χ1) is 13.4. The fourth-order valence-electron chi connectivity index (χ4n) is 4.58. The highest BCUT2D eigenvalue weighted by molar-refractivity contribution is 6.51. The third kappa shape index (κ3) is 2.59. The van der Waals surface area contributed by atoms with Crippen LogP contribution in [0.3, 0.4) is 0 Å². The van der Waals surface area contributed by atoms with Crippen molar-refractivity contribution in [3.05, 3.63) is 21.6 Å². The van der Waals surface area contributed by atoms with E-state index in [0.29, 0.717) is 0 Å². The van der Waals surface area contributed by atoms with Crippen LogP contribution in [0.4, 0.5) is 0 Å². The number of halogens is 4. The van der Waals surface area contributed by atoms with Gasteiger partial charge >= 0.3 is 11.9 Å². The Hall–Kier alpha value is -1.48. The molecule has 6 atom stereocenters. The predicted octanol–water partition coefficient (Wildman–Crippen LogP) is 2.34. The Morgan fingerprint density at radius 2 is 1.38 bits per heavy atom. The number of aliphatic hydroxyl groups is 2. The maximum Gasteiger partial charge on any atom is 0.335 e. The lowest BCUT2D eigenvalue weighted by atomic mass is 9.67. The Kier molecular flexibility index (Phi) is 5.39. The minimum atomic E-state index is -2.48. The molecule has 0 radical (unpaired) electrons. The lowest BCUT2D eigenvalue weighted by molar-refractivity contribution is -0.151. The summed E-state index contributed by atoms with van der Waals surface area (Å²) in [4.78, 5) is 45.5. The van der Waals surface area contributed by atoms with Crippen LogP contribution in [0, 0.1) is 23.7 Å². The minimum absolute atomic E-state index is 0.162. The molecule has 12 heteroatoms. The number of ketones is 2. The third-order valence-corrected chi connectivity index (χ3v) is 7.93. The summed E-state index contributed by atoms with van der Waals surface area (Å²) in [6, 6.07) is 0. The molecular formula is C17H14Cl4O8. The lowest BCUT2D eigenvalue weighted by Gasteiger charge is -2.42. The van der Waals surface area contributed by atoms with Crippen LogP contribution in [0.5, 0.6) is 0 Å². The highest BCUT2D eigenvalue weighted by atomic mass is 35.5. The number of Topliss-reactive ketones (excluding diaryl/α,β-unsaturated/α-hetero) is 2. The van der Waals surface area contributed by atoms with Crippen LogP contribution in [-0.4, -0.2) is 57.7 Å². The molecule has 3 aliphatic rings. The summed E-state index contributed by atoms with van der Waals surface area (Å²) < 4.78 is 9.30. The molecule has 2 N–H and O–H groups in total. The second kappa shape index (κ2) is 7.04. The quantitative estimate of drug-likeness (QED) is 0.345. The second-order valence-corrected chi connectivity index (χ2v) is 8.97. The number of rotatable bonds is 2. The first-order valence-corrected chi connectivity index (χ1v) is 9.73. The van der Waals surface area contributed by atoms with Gasteiger partial charge in [0.1, 0.15) is 0 Å². The minimum Gasteiger partial charge on any atom is -0.503 e. The van der Waals surface area contributed by atoms with Gasteiger partial charge in [-0.05, 0) is 6.42 Å². The average Bonchev–Trinajstić information content (AvgIpc) is 3.13. The van der Waals surface area contributed by atoms with E-state index in [1.807, 2.05) is 0 Å². The van der Waals surface area contributed by atoms with Crippen LogP contribution in [0.1, 0.15) is 6.42 Å². The number of hydrogen-bond acceptors (Lipinski definition) is 8. The van der Waals surface area contributed by atoms with Crippen molar-refractivity contribution in [2.45, 2.75) is 16.2 Å². The van der Waals surface area contributed by atoms with Crippen molar-refractivity contribution in [1.29, 1.82) is 0 Å². The van der Waals surface area contributed by atoms with Crippen molar-refractivity contribution in [3.63, 3.8) is 0 Å². The molecule has 8 nitrogen and oxygen atoms in total. The monoisotopic (exact) mass is 486 g/mol. The molecule has 0 saturated heterocycles. The zero-order valence-corrected chi connectivity index (χ0v) is 17.9. The van der Waals surface area contributed by atoms with Gasteiger partial charge in [-0.3, -0.25) is 9.59 Å². The summed E-state index contributed by atoms with van der Waals surface area (Å²) in [7, 11) is 1.98. The van der Waals surface area contributed by atoms with Gasteiger partial charge in [-0.1, -0.05) is 46.4 Å². The lowest BCUT2D eigenvalue weighted by Crippen LogP contribution is -2.58. The number of fused-ring (bicyclic) bond motifs is 3. The van der Waals surface area contributed by atoms with Gasteiger partial charge in [0.15, 0.2) is 11.5 Å². The molecular weight excluding hydrogens is 474 g/mol. The molecule has 0 spiro atoms. The Labute approximate surface area is 184 Å². The highest BCUT2D eigenvalue weighted by Crippen LogP contribution is 2.64. The Morgan fingerprint density at radius 1 is 0.931 bits per heavy atom. The Bertz CT molecular complexity index is 911. The number of allylic oxidation sites excluding steroid dienone is 4. The van der Waals surface area contributed by atoms with Crippen molar-refractivity contribution in [2.24, 2.45) is 23.7 Å². The number of aliphatic hydroxyl groups excluding tert-OH is 2. The molecule has 0 aliphatic heterocycles. The normalized spacial score (nSPS) is 39.2. The third-order valence-electron chi connectivity index (χ3n) is 5.86. The number of ether oxygens (including phenoxy) is 2. The first kappa shape index (κ1) is 22.2. The molecule has 0 heterocycles. The molecule has 0 aromatic carbocycles. The van der Waals surface area contributed by atoms with Crippen molar-refractivity contribution in [2.75, 3.05) is 14.2 Å². The molecule has 3 rings (SSSR count). The number of alkyl halides is 2. The molecule has 1 saturated carbocycles. The SMILES string of the molecule is COC(=O)[C@]1(Cl)C(=O)C(O)=C(Cl)[C@H]2C[C@H]3[C@H](C(Cl)=C(O)C(=O)[C@]3(Cl)C(=O)OC)[C@H]21. The van der Waals surface area contributed by atoms with E-state index in [0.717, 1.165) is 14.2 Å². The smallest absolute Gasteiger partial charge is 0.335 e. The van der Waals surface area contributed by atoms with E-state index in [1.54, 1.807) is 0 Å². The summed E-state index contributed by atoms with van der Waals surface area (Å²) in [6.07, 6.45) is -0.162. The standard InChI is InChI=1S/C17H14Cl4O8/c1-28-14(26)16(20)5-3-4-7(6(5)9(19)11(23)12(16)24)17(21,15(27)29-2)13(25)10(22)8(4)18/h4-7,22-23H,3H2,1-2H3/t4-,5-,6-,7-,16-,17+/m0/s1. The Morgan fingerprint density at radius 3 is 1.90 bits per heavy atom. The van der Waals surface area contributed by atoms with Gasteiger partial charge in [-0.2, -0.15) is 0 Å². The molecule has 0 aromatic rings. The predicted molar refractivity (Wildman–Crippen MR) is 101 cm³/mol. The maximum absolute atomic E-state index is 12.7. The van der Waals surface area contributed by atoms with Gasteiger partial charge in [-0.25, -0.2) is 9.59 Å². The summed E-state index contributed by atoms with van der Waals surface area (Å²) in [6.45, 7) is 0. The molecule has 0 bridgehead atoms. The van der Waals surface area contributed by atoms with E-state index in [1.165, 1.54) is 0 Å². The molecule has 29 heavy (non-hydrogen) atoms. The van der Waals surface area contributed by atoms with Gasteiger partial charge in [0.25, 0.3) is 0 Å². The van der Waals surface area contributed by atoms with Gasteiger partial charge in [0.05, 0.1) is 24.3 Å². The van der Waals surface area contributed by atoms with E-state index in [4.69, 9.17) is 46.4 Å². The summed E-state index contributed by atoms with van der Waals surface area (Å²) in [5.41, 5.74) is 0. The molecule has 0 unspecified atom stereocenters. The van der Waals surface area contributed by atoms with Crippen LogP contribution < -0.4 is 0 Å². The largest absolute Gasteiger partial charge is 0.503 e. The number of hydrogen-bond donors (Lipinski definition) is 2. The van der Waals surface area contributed by atoms with Crippen molar-refractivity contribution in [3.8, 4) is 0 Å². The van der Waals surface area contributed by atoms with Gasteiger partial charge < -0.3 is 19.7 Å². The molecule has 3 aliphatic carbocycles. The molecule has 1 fully saturated rings. The topological polar surface area (TPSA) is 127 Å². The van der Waals surface area contributed by atoms with E-state index in [-0.39, 0.29) is 11.5 Å². The van der Waals surface area contributed by atoms with Crippen LogP contribution in [-0.2, 0) is 28.7 Å². The second-order valence-electron chi connectivity index (χ2n) is 6.96. The molecule has 0 amide bonds. The first-order valence-electron chi connectivity index (χ1n) is 8.22. The maximum atomic E-state index is 12.7. The van der Waals surface area contributed by atoms with Crippen molar-refractivity contribution < 1.29 is 38.9 Å². The van der Waals surface area contributed by atoms with Crippen LogP contribution >= 0.6 is 46.4 Å². The number of esters is 2. The Balaban J connectivity index is 2.32. The summed E-state index contributed by atoms with van der Waals surface area (Å²) >= 11 is 25.2. The van der Waals surface area contributed by atoms with Gasteiger partial charge in [0, 0.05) is 23.7 Å². The fourth-order valence-corrected chi connectivity index (χ4v) is 6.11.